The molecule has 0 saturated carbocycles. The van der Waals surface area contributed by atoms with Crippen molar-refractivity contribution >= 4 is 28.7 Å². The first-order valence-electron chi connectivity index (χ1n) is 7.52. The lowest BCUT2D eigenvalue weighted by Gasteiger charge is -2.12. The van der Waals surface area contributed by atoms with Gasteiger partial charge in [0.15, 0.2) is 5.78 Å². The number of Topliss-reactive ketones (excluding diaryl/α,β-unsaturated/α-hetero) is 1. The first-order chi connectivity index (χ1) is 11.5. The molecule has 0 aliphatic heterocycles. The summed E-state index contributed by atoms with van der Waals surface area (Å²) >= 11 is 1.21. The largest absolute Gasteiger partial charge is 0.331 e. The van der Waals surface area contributed by atoms with Crippen molar-refractivity contribution in [3.8, 4) is 0 Å². The van der Waals surface area contributed by atoms with E-state index in [1.807, 2.05) is 42.0 Å². The zero-order valence-corrected chi connectivity index (χ0v) is 14.3. The Morgan fingerprint density at radius 2 is 1.92 bits per heavy atom. The Hall–Kier alpha value is -2.73. The summed E-state index contributed by atoms with van der Waals surface area (Å²) in [4.78, 5) is 29.1. The number of para-hydroxylation sites is 1. The van der Waals surface area contributed by atoms with Crippen LogP contribution in [0, 0.1) is 6.92 Å². The van der Waals surface area contributed by atoms with E-state index < -0.39 is 0 Å². The summed E-state index contributed by atoms with van der Waals surface area (Å²) in [7, 11) is 0. The fourth-order valence-corrected chi connectivity index (χ4v) is 3.16. The van der Waals surface area contributed by atoms with E-state index >= 15 is 0 Å². The van der Waals surface area contributed by atoms with Gasteiger partial charge < -0.3 is 9.88 Å². The molecule has 1 amide bonds. The minimum atomic E-state index is -0.206. The fourth-order valence-electron chi connectivity index (χ4n) is 2.37. The van der Waals surface area contributed by atoms with Crippen molar-refractivity contribution in [3.05, 3.63) is 69.9 Å². The van der Waals surface area contributed by atoms with Crippen LogP contribution in [0.15, 0.2) is 48.8 Å². The number of ketones is 1. The number of anilines is 1. The maximum Gasteiger partial charge on any atom is 0.265 e. The van der Waals surface area contributed by atoms with Crippen LogP contribution in [0.5, 0.6) is 0 Å². The predicted octanol–water partition coefficient (Wildman–Crippen LogP) is 3.76. The lowest BCUT2D eigenvalue weighted by atomic mass is 10.1. The average molecular weight is 339 g/mol. The highest BCUT2D eigenvalue weighted by Gasteiger charge is 2.13. The number of hydrogen-bond acceptors (Lipinski definition) is 4. The molecule has 0 bridgehead atoms. The smallest absolute Gasteiger partial charge is 0.265 e. The van der Waals surface area contributed by atoms with Gasteiger partial charge in [-0.25, -0.2) is 4.98 Å². The Morgan fingerprint density at radius 3 is 2.58 bits per heavy atom. The van der Waals surface area contributed by atoms with Crippen molar-refractivity contribution < 1.29 is 9.59 Å². The molecule has 3 rings (SSSR count). The molecule has 24 heavy (non-hydrogen) atoms. The quantitative estimate of drug-likeness (QED) is 0.720. The summed E-state index contributed by atoms with van der Waals surface area (Å²) in [5, 5.41) is 2.94. The van der Waals surface area contributed by atoms with E-state index in [1.54, 1.807) is 18.3 Å². The lowest BCUT2D eigenvalue weighted by Crippen LogP contribution is -2.13. The second-order valence-electron chi connectivity index (χ2n) is 5.43. The highest BCUT2D eigenvalue weighted by Crippen LogP contribution is 2.21. The molecule has 2 heterocycles. The minimum absolute atomic E-state index is 0.0324. The Balaban J connectivity index is 1.80. The zero-order valence-electron chi connectivity index (χ0n) is 13.4. The monoisotopic (exact) mass is 339 g/mol. The van der Waals surface area contributed by atoms with Gasteiger partial charge in [0.05, 0.1) is 16.3 Å². The van der Waals surface area contributed by atoms with E-state index in [-0.39, 0.29) is 11.7 Å². The summed E-state index contributed by atoms with van der Waals surface area (Å²) in [6, 6.07) is 11.0. The summed E-state index contributed by atoms with van der Waals surface area (Å²) in [6.45, 7) is 4.07. The molecule has 0 aliphatic carbocycles. The summed E-state index contributed by atoms with van der Waals surface area (Å²) in [5.41, 5.74) is 1.75. The molecular formula is C18H17N3O2S. The number of thiophene rings is 1. The van der Waals surface area contributed by atoms with Crippen LogP contribution in [-0.4, -0.2) is 21.2 Å². The number of benzene rings is 1. The van der Waals surface area contributed by atoms with Gasteiger partial charge in [-0.3, -0.25) is 9.59 Å². The van der Waals surface area contributed by atoms with Crippen molar-refractivity contribution in [1.29, 1.82) is 0 Å². The van der Waals surface area contributed by atoms with Crippen LogP contribution in [-0.2, 0) is 6.54 Å². The van der Waals surface area contributed by atoms with Gasteiger partial charge in [-0.1, -0.05) is 18.2 Å². The average Bonchev–Trinajstić information content (AvgIpc) is 3.19. The number of imidazole rings is 1. The zero-order chi connectivity index (χ0) is 17.1. The number of carbonyl (C=O) groups is 2. The van der Waals surface area contributed by atoms with Crippen LogP contribution in [0.4, 0.5) is 5.69 Å². The first-order valence-corrected chi connectivity index (χ1v) is 8.34. The summed E-state index contributed by atoms with van der Waals surface area (Å²) < 4.78 is 2.02. The second-order valence-corrected chi connectivity index (χ2v) is 6.52. The predicted molar refractivity (Wildman–Crippen MR) is 94.8 cm³/mol. The van der Waals surface area contributed by atoms with Crippen molar-refractivity contribution in [2.24, 2.45) is 0 Å². The molecule has 0 unspecified atom stereocenters. The van der Waals surface area contributed by atoms with Gasteiger partial charge in [0, 0.05) is 18.1 Å². The molecule has 122 valence electrons. The van der Waals surface area contributed by atoms with E-state index in [0.29, 0.717) is 16.3 Å². The van der Waals surface area contributed by atoms with Crippen LogP contribution in [0.1, 0.15) is 37.7 Å². The van der Waals surface area contributed by atoms with Crippen LogP contribution >= 0.6 is 11.3 Å². The van der Waals surface area contributed by atoms with Gasteiger partial charge >= 0.3 is 0 Å². The van der Waals surface area contributed by atoms with Crippen molar-refractivity contribution in [3.63, 3.8) is 0 Å². The maximum atomic E-state index is 12.4. The van der Waals surface area contributed by atoms with Gasteiger partial charge in [-0.2, -0.15) is 0 Å². The van der Waals surface area contributed by atoms with E-state index in [2.05, 4.69) is 10.3 Å². The van der Waals surface area contributed by atoms with E-state index in [4.69, 9.17) is 0 Å². The Bertz CT molecular complexity index is 895. The molecular weight excluding hydrogens is 322 g/mol. The standard InChI is InChI=1S/C18H17N3O2S/c1-12(22)16-7-8-17(24-16)18(23)20-15-6-4-3-5-14(15)11-21-10-9-19-13(21)2/h3-10H,11H2,1-2H3,(H,20,23). The van der Waals surface area contributed by atoms with Gasteiger partial charge in [0.25, 0.3) is 5.91 Å². The lowest BCUT2D eigenvalue weighted by molar-refractivity contribution is 0.101. The van der Waals surface area contributed by atoms with Crippen LogP contribution in [0.25, 0.3) is 0 Å². The van der Waals surface area contributed by atoms with Crippen molar-refractivity contribution in [1.82, 2.24) is 9.55 Å². The highest BCUT2D eigenvalue weighted by atomic mass is 32.1. The molecule has 2 aromatic heterocycles. The molecule has 0 saturated heterocycles. The Labute approximate surface area is 144 Å². The molecule has 1 aromatic carbocycles. The molecule has 3 aromatic rings. The fraction of sp³-hybridized carbons (Fsp3) is 0.167. The molecule has 5 nitrogen and oxygen atoms in total. The number of aromatic nitrogens is 2. The maximum absolute atomic E-state index is 12.4. The third-order valence-electron chi connectivity index (χ3n) is 3.71. The van der Waals surface area contributed by atoms with E-state index in [1.165, 1.54) is 18.3 Å². The van der Waals surface area contributed by atoms with Crippen LogP contribution in [0.2, 0.25) is 0 Å². The number of aryl methyl sites for hydroxylation is 1. The third kappa shape index (κ3) is 3.44. The number of carbonyl (C=O) groups excluding carboxylic acids is 2. The molecule has 6 heteroatoms. The van der Waals surface area contributed by atoms with Gasteiger partial charge in [-0.05, 0) is 37.6 Å². The Kier molecular flexibility index (Phi) is 4.57. The van der Waals surface area contributed by atoms with Crippen molar-refractivity contribution in [2.75, 3.05) is 5.32 Å². The second kappa shape index (κ2) is 6.80. The number of rotatable bonds is 5. The summed E-state index contributed by atoms with van der Waals surface area (Å²) in [6.07, 6.45) is 3.66. The number of amides is 1. The highest BCUT2D eigenvalue weighted by molar-refractivity contribution is 7.16. The van der Waals surface area contributed by atoms with Gasteiger partial charge in [0.1, 0.15) is 5.82 Å². The number of nitrogens with one attached hydrogen (secondary N) is 1. The minimum Gasteiger partial charge on any atom is -0.331 e. The topological polar surface area (TPSA) is 64.0 Å². The molecule has 0 spiro atoms. The SMILES string of the molecule is CC(=O)c1ccc(C(=O)Nc2ccccc2Cn2ccnc2C)s1. The molecule has 0 aliphatic rings. The van der Waals surface area contributed by atoms with Gasteiger partial charge in [-0.15, -0.1) is 11.3 Å². The number of hydrogen-bond donors (Lipinski definition) is 1. The summed E-state index contributed by atoms with van der Waals surface area (Å²) in [5.74, 6) is 0.679. The third-order valence-corrected chi connectivity index (χ3v) is 4.89. The molecule has 0 radical (unpaired) electrons. The number of nitrogens with zero attached hydrogens (tertiary/aromatic N) is 2. The normalized spacial score (nSPS) is 10.6. The van der Waals surface area contributed by atoms with Gasteiger partial charge in [0.2, 0.25) is 0 Å². The van der Waals surface area contributed by atoms with E-state index in [0.717, 1.165) is 17.1 Å². The first kappa shape index (κ1) is 16.1. The molecule has 0 atom stereocenters. The van der Waals surface area contributed by atoms with Crippen LogP contribution in [0.3, 0.4) is 0 Å². The van der Waals surface area contributed by atoms with Crippen molar-refractivity contribution in [2.45, 2.75) is 20.4 Å². The molecule has 1 N–H and O–H groups in total. The molecule has 0 fully saturated rings. The Morgan fingerprint density at radius 1 is 1.17 bits per heavy atom. The van der Waals surface area contributed by atoms with E-state index in [9.17, 15) is 9.59 Å². The van der Waals surface area contributed by atoms with Crippen LogP contribution < -0.4 is 5.32 Å².